The van der Waals surface area contributed by atoms with Crippen molar-refractivity contribution >= 4 is 27.3 Å². The molecule has 2 aromatic rings. The van der Waals surface area contributed by atoms with Gasteiger partial charge >= 0.3 is 0 Å². The molecule has 2 heterocycles. The molecule has 0 radical (unpaired) electrons. The van der Waals surface area contributed by atoms with Crippen LogP contribution in [0.2, 0.25) is 0 Å². The van der Waals surface area contributed by atoms with Crippen LogP contribution in [-0.4, -0.2) is 32.9 Å². The van der Waals surface area contributed by atoms with Crippen LogP contribution in [0.15, 0.2) is 21.8 Å². The minimum absolute atomic E-state index is 0.0744. The summed E-state index contributed by atoms with van der Waals surface area (Å²) in [7, 11) is -2.43. The van der Waals surface area contributed by atoms with Gasteiger partial charge in [-0.15, -0.1) is 11.3 Å². The Kier molecular flexibility index (Phi) is 5.23. The lowest BCUT2D eigenvalue weighted by Gasteiger charge is -2.09. The van der Waals surface area contributed by atoms with E-state index in [0.29, 0.717) is 6.54 Å². The molecular formula is C14H19N3O4S2. The molecule has 0 saturated carbocycles. The number of carbonyl (C=O) groups is 1. The molecule has 126 valence electrons. The van der Waals surface area contributed by atoms with E-state index in [9.17, 15) is 13.2 Å². The number of amides is 1. The fourth-order valence-electron chi connectivity index (χ4n) is 1.94. The third-order valence-electron chi connectivity index (χ3n) is 3.30. The molecule has 1 amide bonds. The van der Waals surface area contributed by atoms with Gasteiger partial charge in [0.2, 0.25) is 5.09 Å². The van der Waals surface area contributed by atoms with E-state index in [0.717, 1.165) is 9.88 Å². The van der Waals surface area contributed by atoms with Crippen molar-refractivity contribution in [3.05, 3.63) is 33.5 Å². The Morgan fingerprint density at radius 2 is 2.13 bits per heavy atom. The summed E-state index contributed by atoms with van der Waals surface area (Å²) < 4.78 is 30.7. The Labute approximate surface area is 139 Å². The largest absolute Gasteiger partial charge is 0.448 e. The predicted molar refractivity (Wildman–Crippen MR) is 87.3 cm³/mol. The Balaban J connectivity index is 2.07. The molecule has 0 aliphatic rings. The quantitative estimate of drug-likeness (QED) is 0.821. The number of carbonyl (C=O) groups excluding carboxylic acids is 1. The maximum absolute atomic E-state index is 12.2. The number of thiazole rings is 1. The highest BCUT2D eigenvalue weighted by molar-refractivity contribution is 7.89. The minimum atomic E-state index is -3.71. The number of nitrogens with one attached hydrogen (secondary N) is 2. The zero-order valence-electron chi connectivity index (χ0n) is 13.3. The van der Waals surface area contributed by atoms with Gasteiger partial charge in [0.1, 0.15) is 5.76 Å². The standard InChI is InChI=1S/C14H19N3O4S2/c1-8(14-17-7-9(2)22-14)6-16-13(18)11-5-12(21-10(11)3)23(19,20)15-4/h5,7-8,15H,6H2,1-4H3,(H,16,18). The van der Waals surface area contributed by atoms with Crippen LogP contribution < -0.4 is 10.0 Å². The van der Waals surface area contributed by atoms with Gasteiger partial charge in [0, 0.05) is 29.6 Å². The second kappa shape index (κ2) is 6.81. The van der Waals surface area contributed by atoms with Gasteiger partial charge in [0.05, 0.1) is 10.6 Å². The molecule has 0 aliphatic carbocycles. The molecule has 9 heteroatoms. The van der Waals surface area contributed by atoms with Crippen LogP contribution in [0.1, 0.15) is 38.8 Å². The molecule has 1 unspecified atom stereocenters. The summed E-state index contributed by atoms with van der Waals surface area (Å²) in [6.07, 6.45) is 1.80. The first kappa shape index (κ1) is 17.6. The summed E-state index contributed by atoms with van der Waals surface area (Å²) >= 11 is 1.59. The predicted octanol–water partition coefficient (Wildman–Crippen LogP) is 1.79. The van der Waals surface area contributed by atoms with Crippen molar-refractivity contribution in [3.63, 3.8) is 0 Å². The zero-order valence-corrected chi connectivity index (χ0v) is 15.0. The number of sulfonamides is 1. The normalized spacial score (nSPS) is 13.0. The van der Waals surface area contributed by atoms with Crippen LogP contribution >= 0.6 is 11.3 Å². The lowest BCUT2D eigenvalue weighted by Crippen LogP contribution is -2.27. The van der Waals surface area contributed by atoms with E-state index in [1.54, 1.807) is 24.5 Å². The first-order valence-corrected chi connectivity index (χ1v) is 9.29. The lowest BCUT2D eigenvalue weighted by molar-refractivity contribution is 0.0950. The zero-order chi connectivity index (χ0) is 17.2. The summed E-state index contributed by atoms with van der Waals surface area (Å²) in [6.45, 7) is 5.91. The van der Waals surface area contributed by atoms with Gasteiger partial charge in [0.15, 0.2) is 0 Å². The smallest absolute Gasteiger partial charge is 0.273 e. The fraction of sp³-hybridized carbons (Fsp3) is 0.429. The van der Waals surface area contributed by atoms with Crippen LogP contribution in [0.25, 0.3) is 0 Å². The highest BCUT2D eigenvalue weighted by atomic mass is 32.2. The Morgan fingerprint density at radius 1 is 1.43 bits per heavy atom. The van der Waals surface area contributed by atoms with Crippen LogP contribution in [0.4, 0.5) is 0 Å². The molecular weight excluding hydrogens is 338 g/mol. The van der Waals surface area contributed by atoms with Crippen LogP contribution in [0.5, 0.6) is 0 Å². The van der Waals surface area contributed by atoms with Gasteiger partial charge in [-0.1, -0.05) is 6.92 Å². The van der Waals surface area contributed by atoms with E-state index < -0.39 is 10.0 Å². The van der Waals surface area contributed by atoms with Crippen LogP contribution in [-0.2, 0) is 10.0 Å². The second-order valence-electron chi connectivity index (χ2n) is 5.16. The SMILES string of the molecule is CNS(=O)(=O)c1cc(C(=O)NCC(C)c2ncc(C)s2)c(C)o1. The van der Waals surface area contributed by atoms with Crippen molar-refractivity contribution in [2.75, 3.05) is 13.6 Å². The van der Waals surface area contributed by atoms with Gasteiger partial charge in [-0.2, -0.15) is 0 Å². The third kappa shape index (κ3) is 3.98. The number of rotatable bonds is 6. The van der Waals surface area contributed by atoms with Gasteiger partial charge in [-0.05, 0) is 20.9 Å². The van der Waals surface area contributed by atoms with Crippen molar-refractivity contribution in [1.82, 2.24) is 15.0 Å². The number of aryl methyl sites for hydroxylation is 2. The van der Waals surface area contributed by atoms with E-state index >= 15 is 0 Å². The van der Waals surface area contributed by atoms with E-state index in [1.165, 1.54) is 13.1 Å². The van der Waals surface area contributed by atoms with Crippen molar-refractivity contribution in [2.45, 2.75) is 31.8 Å². The average Bonchev–Trinajstić information content (AvgIpc) is 3.11. The molecule has 7 nitrogen and oxygen atoms in total. The molecule has 1 atom stereocenters. The number of hydrogen-bond acceptors (Lipinski definition) is 6. The summed E-state index contributed by atoms with van der Waals surface area (Å²) in [5, 5.41) is 3.46. The second-order valence-corrected chi connectivity index (χ2v) is 8.25. The number of furan rings is 1. The number of hydrogen-bond donors (Lipinski definition) is 2. The Morgan fingerprint density at radius 3 is 2.70 bits per heavy atom. The highest BCUT2D eigenvalue weighted by Crippen LogP contribution is 2.21. The molecule has 0 aromatic carbocycles. The third-order valence-corrected chi connectivity index (χ3v) is 5.72. The van der Waals surface area contributed by atoms with Gasteiger partial charge < -0.3 is 9.73 Å². The fourth-order valence-corrected chi connectivity index (χ4v) is 3.48. The van der Waals surface area contributed by atoms with Crippen molar-refractivity contribution < 1.29 is 17.6 Å². The molecule has 0 fully saturated rings. The average molecular weight is 357 g/mol. The Hall–Kier alpha value is -1.71. The number of nitrogens with zero attached hydrogens (tertiary/aromatic N) is 1. The maximum Gasteiger partial charge on any atom is 0.273 e. The number of aromatic nitrogens is 1. The summed E-state index contributed by atoms with van der Waals surface area (Å²) in [5.74, 6) is -0.0385. The molecule has 0 bridgehead atoms. The highest BCUT2D eigenvalue weighted by Gasteiger charge is 2.23. The monoisotopic (exact) mass is 357 g/mol. The first-order chi connectivity index (χ1) is 10.7. The lowest BCUT2D eigenvalue weighted by atomic mass is 10.2. The van der Waals surface area contributed by atoms with Crippen LogP contribution in [0.3, 0.4) is 0 Å². The Bertz CT molecular complexity index is 808. The van der Waals surface area contributed by atoms with Crippen LogP contribution in [0, 0.1) is 13.8 Å². The molecule has 2 rings (SSSR count). The van der Waals surface area contributed by atoms with E-state index in [1.807, 2.05) is 13.8 Å². The van der Waals surface area contributed by atoms with Gasteiger partial charge in [-0.3, -0.25) is 4.79 Å². The van der Waals surface area contributed by atoms with E-state index in [4.69, 9.17) is 4.42 Å². The molecule has 0 aliphatic heterocycles. The van der Waals surface area contributed by atoms with Gasteiger partial charge in [0.25, 0.3) is 15.9 Å². The first-order valence-electron chi connectivity index (χ1n) is 6.99. The van der Waals surface area contributed by atoms with Crippen molar-refractivity contribution in [3.8, 4) is 0 Å². The molecule has 0 saturated heterocycles. The maximum atomic E-state index is 12.2. The molecule has 2 N–H and O–H groups in total. The summed E-state index contributed by atoms with van der Waals surface area (Å²) in [6, 6.07) is 1.23. The summed E-state index contributed by atoms with van der Waals surface area (Å²) in [5.41, 5.74) is 0.210. The molecule has 2 aromatic heterocycles. The van der Waals surface area contributed by atoms with E-state index in [2.05, 4.69) is 15.0 Å². The van der Waals surface area contributed by atoms with Gasteiger partial charge in [-0.25, -0.2) is 18.1 Å². The topological polar surface area (TPSA) is 101 Å². The minimum Gasteiger partial charge on any atom is -0.448 e. The summed E-state index contributed by atoms with van der Waals surface area (Å²) in [4.78, 5) is 17.6. The van der Waals surface area contributed by atoms with Crippen molar-refractivity contribution in [2.24, 2.45) is 0 Å². The van der Waals surface area contributed by atoms with E-state index in [-0.39, 0.29) is 28.2 Å². The molecule has 23 heavy (non-hydrogen) atoms. The van der Waals surface area contributed by atoms with Crippen molar-refractivity contribution in [1.29, 1.82) is 0 Å². The molecule has 0 spiro atoms.